The second-order valence-corrected chi connectivity index (χ2v) is 4.48. The van der Waals surface area contributed by atoms with Crippen molar-refractivity contribution in [1.29, 1.82) is 0 Å². The van der Waals surface area contributed by atoms with Crippen LogP contribution in [0, 0.1) is 11.8 Å². The van der Waals surface area contributed by atoms with Crippen molar-refractivity contribution in [2.24, 2.45) is 17.6 Å². The molecule has 0 amide bonds. The van der Waals surface area contributed by atoms with E-state index >= 15 is 0 Å². The van der Waals surface area contributed by atoms with Gasteiger partial charge < -0.3 is 15.4 Å². The van der Waals surface area contributed by atoms with E-state index in [0.717, 1.165) is 30.7 Å². The summed E-state index contributed by atoms with van der Waals surface area (Å²) in [6.07, 6.45) is 0. The molecule has 3 nitrogen and oxygen atoms in total. The Labute approximate surface area is 89.8 Å². The number of nitrogens with two attached hydrogens (primary N) is 1. The first-order valence-electron chi connectivity index (χ1n) is 5.45. The fraction of sp³-hybridized carbons (Fsp3) is 0.500. The van der Waals surface area contributed by atoms with Gasteiger partial charge in [0, 0.05) is 19.1 Å². The predicted octanol–water partition coefficient (Wildman–Crippen LogP) is 1.09. The van der Waals surface area contributed by atoms with Crippen LogP contribution in [0.4, 0.5) is 5.69 Å². The van der Waals surface area contributed by atoms with Crippen molar-refractivity contribution in [1.82, 2.24) is 0 Å². The van der Waals surface area contributed by atoms with Gasteiger partial charge in [-0.2, -0.15) is 0 Å². The highest BCUT2D eigenvalue weighted by Crippen LogP contribution is 2.46. The molecule has 80 valence electrons. The Morgan fingerprint density at radius 3 is 2.60 bits per heavy atom. The Hall–Kier alpha value is -1.22. The van der Waals surface area contributed by atoms with E-state index in [0.29, 0.717) is 6.04 Å². The molecular weight excluding hydrogens is 188 g/mol. The summed E-state index contributed by atoms with van der Waals surface area (Å²) in [5.41, 5.74) is 7.13. The molecule has 1 aromatic rings. The standard InChI is InChI=1S/C12H16N2O/c1-15-11-5-3-2-4-10(11)14-6-8-9(7-14)12(8)13/h2-5,8-9,12H,6-7,13H2,1H3. The summed E-state index contributed by atoms with van der Waals surface area (Å²) in [4.78, 5) is 2.39. The van der Waals surface area contributed by atoms with Crippen molar-refractivity contribution < 1.29 is 4.74 Å². The minimum Gasteiger partial charge on any atom is -0.495 e. The van der Waals surface area contributed by atoms with Crippen LogP contribution in [0.2, 0.25) is 0 Å². The third-order valence-electron chi connectivity index (χ3n) is 3.69. The van der Waals surface area contributed by atoms with Crippen LogP contribution in [-0.2, 0) is 0 Å². The number of hydrogen-bond donors (Lipinski definition) is 1. The lowest BCUT2D eigenvalue weighted by atomic mass is 10.2. The lowest BCUT2D eigenvalue weighted by Gasteiger charge is -2.23. The van der Waals surface area contributed by atoms with E-state index < -0.39 is 0 Å². The van der Waals surface area contributed by atoms with Crippen molar-refractivity contribution in [3.63, 3.8) is 0 Å². The van der Waals surface area contributed by atoms with Gasteiger partial charge in [0.15, 0.2) is 0 Å². The van der Waals surface area contributed by atoms with Crippen LogP contribution in [0.25, 0.3) is 0 Å². The van der Waals surface area contributed by atoms with E-state index in [4.69, 9.17) is 10.5 Å². The van der Waals surface area contributed by atoms with Gasteiger partial charge in [-0.3, -0.25) is 0 Å². The van der Waals surface area contributed by atoms with E-state index in [1.165, 1.54) is 5.69 Å². The molecule has 1 saturated carbocycles. The summed E-state index contributed by atoms with van der Waals surface area (Å²) in [5, 5.41) is 0. The molecule has 1 aliphatic carbocycles. The van der Waals surface area contributed by atoms with Gasteiger partial charge in [-0.15, -0.1) is 0 Å². The molecule has 0 radical (unpaired) electrons. The van der Waals surface area contributed by atoms with E-state index in [9.17, 15) is 0 Å². The quantitative estimate of drug-likeness (QED) is 0.783. The maximum atomic E-state index is 5.92. The molecule has 3 rings (SSSR count). The average molecular weight is 204 g/mol. The Kier molecular flexibility index (Phi) is 1.89. The molecule has 1 heterocycles. The topological polar surface area (TPSA) is 38.5 Å². The van der Waals surface area contributed by atoms with Gasteiger partial charge in [-0.1, -0.05) is 12.1 Å². The largest absolute Gasteiger partial charge is 0.495 e. The first-order chi connectivity index (χ1) is 7.31. The third-order valence-corrected chi connectivity index (χ3v) is 3.69. The number of piperidine rings is 1. The summed E-state index contributed by atoms with van der Waals surface area (Å²) < 4.78 is 5.36. The van der Waals surface area contributed by atoms with Crippen molar-refractivity contribution in [3.8, 4) is 5.75 Å². The molecule has 2 atom stereocenters. The Balaban J connectivity index is 1.82. The zero-order valence-corrected chi connectivity index (χ0v) is 8.89. The van der Waals surface area contributed by atoms with Gasteiger partial charge >= 0.3 is 0 Å². The monoisotopic (exact) mass is 204 g/mol. The second kappa shape index (κ2) is 3.14. The van der Waals surface area contributed by atoms with Gasteiger partial charge in [0.1, 0.15) is 5.75 Å². The summed E-state index contributed by atoms with van der Waals surface area (Å²) in [5.74, 6) is 2.40. The number of para-hydroxylation sites is 2. The van der Waals surface area contributed by atoms with Gasteiger partial charge in [0.25, 0.3) is 0 Å². The zero-order chi connectivity index (χ0) is 10.4. The maximum Gasteiger partial charge on any atom is 0.142 e. The summed E-state index contributed by atoms with van der Waals surface area (Å²) in [6, 6.07) is 8.65. The highest BCUT2D eigenvalue weighted by atomic mass is 16.5. The van der Waals surface area contributed by atoms with E-state index in [-0.39, 0.29) is 0 Å². The summed E-state index contributed by atoms with van der Waals surface area (Å²) in [7, 11) is 1.72. The summed E-state index contributed by atoms with van der Waals surface area (Å²) in [6.45, 7) is 2.18. The van der Waals surface area contributed by atoms with Crippen LogP contribution in [0.3, 0.4) is 0 Å². The fourth-order valence-corrected chi connectivity index (χ4v) is 2.66. The van der Waals surface area contributed by atoms with Gasteiger partial charge in [0.2, 0.25) is 0 Å². The normalized spacial score (nSPS) is 32.7. The number of benzene rings is 1. The van der Waals surface area contributed by atoms with Gasteiger partial charge in [-0.25, -0.2) is 0 Å². The lowest BCUT2D eigenvalue weighted by molar-refractivity contribution is 0.414. The number of anilines is 1. The number of fused-ring (bicyclic) bond motifs is 1. The third kappa shape index (κ3) is 1.30. The molecule has 2 aliphatic rings. The minimum absolute atomic E-state index is 0.455. The Morgan fingerprint density at radius 1 is 1.27 bits per heavy atom. The zero-order valence-electron chi connectivity index (χ0n) is 8.89. The van der Waals surface area contributed by atoms with Crippen LogP contribution < -0.4 is 15.4 Å². The van der Waals surface area contributed by atoms with Crippen molar-refractivity contribution >= 4 is 5.69 Å². The summed E-state index contributed by atoms with van der Waals surface area (Å²) >= 11 is 0. The molecule has 1 saturated heterocycles. The lowest BCUT2D eigenvalue weighted by Crippen LogP contribution is -2.28. The molecule has 0 spiro atoms. The number of hydrogen-bond acceptors (Lipinski definition) is 3. The van der Waals surface area contributed by atoms with Crippen LogP contribution in [0.1, 0.15) is 0 Å². The van der Waals surface area contributed by atoms with Crippen LogP contribution in [0.5, 0.6) is 5.75 Å². The van der Waals surface area contributed by atoms with Crippen LogP contribution in [-0.4, -0.2) is 26.2 Å². The minimum atomic E-state index is 0.455. The van der Waals surface area contributed by atoms with Gasteiger partial charge in [-0.05, 0) is 24.0 Å². The number of ether oxygens (including phenoxy) is 1. The number of nitrogens with zero attached hydrogens (tertiary/aromatic N) is 1. The first-order valence-corrected chi connectivity index (χ1v) is 5.45. The highest BCUT2D eigenvalue weighted by Gasteiger charge is 2.53. The maximum absolute atomic E-state index is 5.92. The van der Waals surface area contributed by atoms with Crippen molar-refractivity contribution in [2.75, 3.05) is 25.1 Å². The molecule has 1 aromatic carbocycles. The molecule has 2 unspecified atom stereocenters. The highest BCUT2D eigenvalue weighted by molar-refractivity contribution is 5.60. The smallest absolute Gasteiger partial charge is 0.142 e. The molecule has 2 fully saturated rings. The molecule has 3 heteroatoms. The number of rotatable bonds is 2. The molecular formula is C12H16N2O. The van der Waals surface area contributed by atoms with Crippen LogP contribution >= 0.6 is 0 Å². The van der Waals surface area contributed by atoms with Crippen molar-refractivity contribution in [3.05, 3.63) is 24.3 Å². The predicted molar refractivity (Wildman–Crippen MR) is 60.2 cm³/mol. The Morgan fingerprint density at radius 2 is 1.93 bits per heavy atom. The molecule has 15 heavy (non-hydrogen) atoms. The van der Waals surface area contributed by atoms with E-state index in [1.807, 2.05) is 12.1 Å². The average Bonchev–Trinajstić information content (AvgIpc) is 2.73. The molecule has 0 aromatic heterocycles. The number of methoxy groups -OCH3 is 1. The molecule has 1 aliphatic heterocycles. The first kappa shape index (κ1) is 9.04. The second-order valence-electron chi connectivity index (χ2n) is 4.48. The molecule has 2 N–H and O–H groups in total. The fourth-order valence-electron chi connectivity index (χ4n) is 2.66. The SMILES string of the molecule is COc1ccccc1N1CC2C(N)C2C1. The van der Waals surface area contributed by atoms with E-state index in [2.05, 4.69) is 17.0 Å². The van der Waals surface area contributed by atoms with Crippen molar-refractivity contribution in [2.45, 2.75) is 6.04 Å². The Bertz CT molecular complexity index is 368. The molecule has 0 bridgehead atoms. The van der Waals surface area contributed by atoms with E-state index in [1.54, 1.807) is 7.11 Å². The van der Waals surface area contributed by atoms with Crippen LogP contribution in [0.15, 0.2) is 24.3 Å². The van der Waals surface area contributed by atoms with Gasteiger partial charge in [0.05, 0.1) is 12.8 Å².